The van der Waals surface area contributed by atoms with Gasteiger partial charge in [0.05, 0.1) is 12.0 Å². The van der Waals surface area contributed by atoms with Gasteiger partial charge in [0.25, 0.3) is 0 Å². The molecule has 0 saturated carbocycles. The molecular weight excluding hydrogens is 282 g/mol. The van der Waals surface area contributed by atoms with Crippen molar-refractivity contribution in [3.8, 4) is 0 Å². The largest absolute Gasteiger partial charge is 0.392 e. The van der Waals surface area contributed by atoms with E-state index in [0.717, 1.165) is 34.6 Å². The number of nitrogens with zero attached hydrogens (tertiary/aromatic N) is 2. The Morgan fingerprint density at radius 1 is 1.14 bits per heavy atom. The molecular formula is C16H17N3OS. The smallest absolute Gasteiger partial charge is 0.138 e. The Hall–Kier alpha value is -1.98. The van der Waals surface area contributed by atoms with Crippen LogP contribution in [0.1, 0.15) is 16.0 Å². The average Bonchev–Trinajstić information content (AvgIpc) is 2.89. The van der Waals surface area contributed by atoms with Gasteiger partial charge < -0.3 is 10.4 Å². The number of fused-ring (bicyclic) bond motifs is 1. The number of aromatic nitrogens is 2. The fourth-order valence-corrected chi connectivity index (χ4v) is 3.10. The molecule has 0 spiro atoms. The lowest BCUT2D eigenvalue weighted by atomic mass is 10.1. The standard InChI is InChI=1S/C16H17N3OS/c1-11-8-14-15(18-10-19-16(14)21-11)17-7-6-12-2-4-13(9-20)5-3-12/h2-5,8,10,20H,6-7,9H2,1H3,(H,17,18,19). The number of anilines is 1. The number of benzene rings is 1. The fraction of sp³-hybridized carbons (Fsp3) is 0.250. The first-order chi connectivity index (χ1) is 10.3. The third kappa shape index (κ3) is 3.20. The second kappa shape index (κ2) is 6.20. The molecule has 2 heterocycles. The maximum absolute atomic E-state index is 9.03. The Balaban J connectivity index is 1.66. The number of aliphatic hydroxyl groups is 1. The number of thiophene rings is 1. The maximum atomic E-state index is 9.03. The summed E-state index contributed by atoms with van der Waals surface area (Å²) in [6, 6.07) is 10.1. The molecule has 0 bridgehead atoms. The van der Waals surface area contributed by atoms with Crippen molar-refractivity contribution in [3.05, 3.63) is 52.7 Å². The lowest BCUT2D eigenvalue weighted by Crippen LogP contribution is -2.06. The highest BCUT2D eigenvalue weighted by molar-refractivity contribution is 7.18. The number of hydrogen-bond acceptors (Lipinski definition) is 5. The molecule has 0 unspecified atom stereocenters. The fourth-order valence-electron chi connectivity index (χ4n) is 2.25. The summed E-state index contributed by atoms with van der Waals surface area (Å²) < 4.78 is 0. The van der Waals surface area contributed by atoms with Gasteiger partial charge in [-0.2, -0.15) is 0 Å². The molecule has 1 aromatic carbocycles. The Morgan fingerprint density at radius 2 is 1.90 bits per heavy atom. The predicted molar refractivity (Wildman–Crippen MR) is 86.7 cm³/mol. The zero-order valence-electron chi connectivity index (χ0n) is 11.8. The van der Waals surface area contributed by atoms with E-state index in [2.05, 4.69) is 40.4 Å². The third-order valence-electron chi connectivity index (χ3n) is 3.36. The Labute approximate surface area is 127 Å². The first-order valence-electron chi connectivity index (χ1n) is 6.90. The third-order valence-corrected chi connectivity index (χ3v) is 4.32. The highest BCUT2D eigenvalue weighted by atomic mass is 32.1. The minimum absolute atomic E-state index is 0.0922. The van der Waals surface area contributed by atoms with Crippen LogP contribution in [-0.4, -0.2) is 21.6 Å². The summed E-state index contributed by atoms with van der Waals surface area (Å²) in [6.07, 6.45) is 2.52. The van der Waals surface area contributed by atoms with Crippen LogP contribution < -0.4 is 5.32 Å². The van der Waals surface area contributed by atoms with Gasteiger partial charge in [0, 0.05) is 11.4 Å². The summed E-state index contributed by atoms with van der Waals surface area (Å²) >= 11 is 1.69. The van der Waals surface area contributed by atoms with E-state index in [1.54, 1.807) is 17.7 Å². The molecule has 0 aliphatic heterocycles. The van der Waals surface area contributed by atoms with Crippen molar-refractivity contribution in [2.24, 2.45) is 0 Å². The first kappa shape index (κ1) is 14.0. The predicted octanol–water partition coefficient (Wildman–Crippen LogP) is 3.15. The van der Waals surface area contributed by atoms with Crippen LogP contribution in [0.25, 0.3) is 10.2 Å². The summed E-state index contributed by atoms with van der Waals surface area (Å²) in [5.74, 6) is 0.899. The second-order valence-electron chi connectivity index (χ2n) is 4.95. The van der Waals surface area contributed by atoms with E-state index in [4.69, 9.17) is 5.11 Å². The molecule has 0 saturated heterocycles. The average molecular weight is 299 g/mol. The molecule has 2 N–H and O–H groups in total. The number of aryl methyl sites for hydroxylation is 1. The van der Waals surface area contributed by atoms with Crippen LogP contribution in [0.3, 0.4) is 0 Å². The van der Waals surface area contributed by atoms with Crippen molar-refractivity contribution >= 4 is 27.4 Å². The van der Waals surface area contributed by atoms with Gasteiger partial charge in [-0.15, -0.1) is 11.3 Å². The molecule has 0 radical (unpaired) electrons. The van der Waals surface area contributed by atoms with E-state index in [1.165, 1.54) is 10.4 Å². The van der Waals surface area contributed by atoms with E-state index < -0.39 is 0 Å². The minimum atomic E-state index is 0.0922. The van der Waals surface area contributed by atoms with E-state index in [9.17, 15) is 0 Å². The summed E-state index contributed by atoms with van der Waals surface area (Å²) in [7, 11) is 0. The van der Waals surface area contributed by atoms with Crippen LogP contribution in [0.2, 0.25) is 0 Å². The van der Waals surface area contributed by atoms with Crippen molar-refractivity contribution in [3.63, 3.8) is 0 Å². The second-order valence-corrected chi connectivity index (χ2v) is 6.18. The van der Waals surface area contributed by atoms with E-state index in [1.807, 2.05) is 12.1 Å². The topological polar surface area (TPSA) is 58.0 Å². The van der Waals surface area contributed by atoms with Crippen LogP contribution in [0.4, 0.5) is 5.82 Å². The van der Waals surface area contributed by atoms with Gasteiger partial charge in [0.1, 0.15) is 17.0 Å². The molecule has 108 valence electrons. The first-order valence-corrected chi connectivity index (χ1v) is 7.71. The zero-order chi connectivity index (χ0) is 14.7. The van der Waals surface area contributed by atoms with Gasteiger partial charge in [-0.25, -0.2) is 9.97 Å². The summed E-state index contributed by atoms with van der Waals surface area (Å²) in [5.41, 5.74) is 2.18. The van der Waals surface area contributed by atoms with Gasteiger partial charge in [0.15, 0.2) is 0 Å². The molecule has 2 aromatic heterocycles. The monoisotopic (exact) mass is 299 g/mol. The lowest BCUT2D eigenvalue weighted by molar-refractivity contribution is 0.282. The van der Waals surface area contributed by atoms with E-state index in [-0.39, 0.29) is 6.61 Å². The van der Waals surface area contributed by atoms with Gasteiger partial charge in [-0.1, -0.05) is 24.3 Å². The SMILES string of the molecule is Cc1cc2c(NCCc3ccc(CO)cc3)ncnc2s1. The summed E-state index contributed by atoms with van der Waals surface area (Å²) in [4.78, 5) is 10.9. The molecule has 0 amide bonds. The van der Waals surface area contributed by atoms with Crippen molar-refractivity contribution in [2.75, 3.05) is 11.9 Å². The molecule has 21 heavy (non-hydrogen) atoms. The molecule has 3 aromatic rings. The Morgan fingerprint density at radius 3 is 2.67 bits per heavy atom. The molecule has 0 fully saturated rings. The number of aliphatic hydroxyl groups excluding tert-OH is 1. The molecule has 3 rings (SSSR count). The van der Waals surface area contributed by atoms with Crippen molar-refractivity contribution < 1.29 is 5.11 Å². The van der Waals surface area contributed by atoms with Crippen molar-refractivity contribution in [1.82, 2.24) is 9.97 Å². The zero-order valence-corrected chi connectivity index (χ0v) is 12.7. The molecule has 4 nitrogen and oxygen atoms in total. The van der Waals surface area contributed by atoms with Gasteiger partial charge in [-0.05, 0) is 30.5 Å². The molecule has 0 aliphatic carbocycles. The Kier molecular flexibility index (Phi) is 4.13. The van der Waals surface area contributed by atoms with Crippen LogP contribution in [0, 0.1) is 6.92 Å². The lowest BCUT2D eigenvalue weighted by Gasteiger charge is -2.07. The Bertz CT molecular complexity index is 737. The van der Waals surface area contributed by atoms with Crippen LogP contribution in [-0.2, 0) is 13.0 Å². The highest BCUT2D eigenvalue weighted by Crippen LogP contribution is 2.27. The van der Waals surface area contributed by atoms with Gasteiger partial charge in [-0.3, -0.25) is 0 Å². The van der Waals surface area contributed by atoms with Crippen molar-refractivity contribution in [2.45, 2.75) is 20.0 Å². The van der Waals surface area contributed by atoms with E-state index in [0.29, 0.717) is 0 Å². The number of rotatable bonds is 5. The number of nitrogens with one attached hydrogen (secondary N) is 1. The van der Waals surface area contributed by atoms with Crippen molar-refractivity contribution in [1.29, 1.82) is 0 Å². The van der Waals surface area contributed by atoms with Gasteiger partial charge in [0.2, 0.25) is 0 Å². The molecule has 0 aliphatic rings. The van der Waals surface area contributed by atoms with Crippen LogP contribution >= 0.6 is 11.3 Å². The van der Waals surface area contributed by atoms with E-state index >= 15 is 0 Å². The quantitative estimate of drug-likeness (QED) is 0.760. The highest BCUT2D eigenvalue weighted by Gasteiger charge is 2.06. The number of hydrogen-bond donors (Lipinski definition) is 2. The summed E-state index contributed by atoms with van der Waals surface area (Å²) in [5, 5.41) is 13.5. The summed E-state index contributed by atoms with van der Waals surface area (Å²) in [6.45, 7) is 2.99. The van der Waals surface area contributed by atoms with Crippen LogP contribution in [0.15, 0.2) is 36.7 Å². The minimum Gasteiger partial charge on any atom is -0.392 e. The van der Waals surface area contributed by atoms with Crippen LogP contribution in [0.5, 0.6) is 0 Å². The maximum Gasteiger partial charge on any atom is 0.138 e. The molecule has 5 heteroatoms. The molecule has 0 atom stereocenters. The van der Waals surface area contributed by atoms with Gasteiger partial charge >= 0.3 is 0 Å². The normalized spacial score (nSPS) is 11.0.